The summed E-state index contributed by atoms with van der Waals surface area (Å²) in [4.78, 5) is 4.76. The lowest BCUT2D eigenvalue weighted by molar-refractivity contribution is 0.0379. The highest BCUT2D eigenvalue weighted by molar-refractivity contribution is 4.73. The highest BCUT2D eigenvalue weighted by Crippen LogP contribution is 2.05. The van der Waals surface area contributed by atoms with Crippen LogP contribution in [0.1, 0.15) is 20.3 Å². The van der Waals surface area contributed by atoms with Gasteiger partial charge in [-0.1, -0.05) is 13.8 Å². The van der Waals surface area contributed by atoms with E-state index in [0.29, 0.717) is 6.04 Å². The molecule has 0 aromatic rings. The first-order chi connectivity index (χ1) is 8.58. The zero-order chi connectivity index (χ0) is 13.4. The summed E-state index contributed by atoms with van der Waals surface area (Å²) in [7, 11) is 4.30. The van der Waals surface area contributed by atoms with Crippen molar-refractivity contribution in [3.05, 3.63) is 0 Å². The van der Waals surface area contributed by atoms with E-state index in [9.17, 15) is 0 Å². The van der Waals surface area contributed by atoms with E-state index >= 15 is 0 Å². The lowest BCUT2D eigenvalue weighted by Crippen LogP contribution is -2.45. The van der Waals surface area contributed by atoms with E-state index in [1.54, 1.807) is 0 Å². The summed E-state index contributed by atoms with van der Waals surface area (Å²) in [5.41, 5.74) is 0. The van der Waals surface area contributed by atoms with Crippen molar-refractivity contribution in [2.45, 2.75) is 26.3 Å². The summed E-state index contributed by atoms with van der Waals surface area (Å²) in [5, 5.41) is 3.71. The van der Waals surface area contributed by atoms with Crippen LogP contribution in [0.5, 0.6) is 0 Å². The fourth-order valence-corrected chi connectivity index (χ4v) is 2.48. The number of rotatable bonds is 8. The van der Waals surface area contributed by atoms with Gasteiger partial charge in [0.1, 0.15) is 0 Å². The third-order valence-corrected chi connectivity index (χ3v) is 3.31. The van der Waals surface area contributed by atoms with E-state index < -0.39 is 0 Å². The summed E-state index contributed by atoms with van der Waals surface area (Å²) < 4.78 is 5.36. The molecular formula is C14H31N3O. The van der Waals surface area contributed by atoms with Gasteiger partial charge in [0.15, 0.2) is 0 Å². The van der Waals surface area contributed by atoms with Crippen LogP contribution in [0.3, 0.4) is 0 Å². The fourth-order valence-electron chi connectivity index (χ4n) is 2.48. The van der Waals surface area contributed by atoms with Crippen LogP contribution in [0.2, 0.25) is 0 Å². The first kappa shape index (κ1) is 15.9. The van der Waals surface area contributed by atoms with Crippen LogP contribution >= 0.6 is 0 Å². The van der Waals surface area contributed by atoms with Crippen LogP contribution in [0.15, 0.2) is 0 Å². The van der Waals surface area contributed by atoms with Crippen molar-refractivity contribution in [1.29, 1.82) is 0 Å². The van der Waals surface area contributed by atoms with Crippen LogP contribution in [0.4, 0.5) is 0 Å². The van der Waals surface area contributed by atoms with E-state index in [-0.39, 0.29) is 0 Å². The Kier molecular flexibility index (Phi) is 7.82. The molecule has 1 N–H and O–H groups in total. The molecule has 0 aliphatic carbocycles. The largest absolute Gasteiger partial charge is 0.379 e. The van der Waals surface area contributed by atoms with Gasteiger partial charge >= 0.3 is 0 Å². The number of nitrogens with one attached hydrogen (secondary N) is 1. The van der Waals surface area contributed by atoms with Gasteiger partial charge in [0.25, 0.3) is 0 Å². The highest BCUT2D eigenvalue weighted by Gasteiger charge is 2.13. The lowest BCUT2D eigenvalue weighted by Gasteiger charge is -2.29. The molecule has 1 rings (SSSR count). The van der Waals surface area contributed by atoms with Crippen molar-refractivity contribution < 1.29 is 4.74 Å². The van der Waals surface area contributed by atoms with Gasteiger partial charge in [0.05, 0.1) is 13.2 Å². The SMILES string of the molecule is CC(C)CC(CN(C)C)NCCN1CCOCC1. The Morgan fingerprint density at radius 3 is 2.44 bits per heavy atom. The Hall–Kier alpha value is -0.160. The van der Waals surface area contributed by atoms with E-state index in [2.05, 4.69) is 43.1 Å². The van der Waals surface area contributed by atoms with Crippen LogP contribution in [-0.4, -0.2) is 75.9 Å². The zero-order valence-corrected chi connectivity index (χ0v) is 12.6. The molecule has 0 aromatic heterocycles. The normalized spacial score (nSPS) is 19.7. The number of nitrogens with zero attached hydrogens (tertiary/aromatic N) is 2. The van der Waals surface area contributed by atoms with Gasteiger partial charge in [-0.15, -0.1) is 0 Å². The average molecular weight is 257 g/mol. The predicted molar refractivity (Wildman–Crippen MR) is 77.1 cm³/mol. The summed E-state index contributed by atoms with van der Waals surface area (Å²) in [5.74, 6) is 0.755. The van der Waals surface area contributed by atoms with E-state index in [1.807, 2.05) is 0 Å². The number of ether oxygens (including phenoxy) is 1. The molecule has 4 nitrogen and oxygen atoms in total. The maximum absolute atomic E-state index is 5.36. The molecular weight excluding hydrogens is 226 g/mol. The molecule has 1 unspecified atom stereocenters. The molecule has 108 valence electrons. The molecule has 0 aromatic carbocycles. The third kappa shape index (κ3) is 7.31. The molecule has 1 aliphatic rings. The van der Waals surface area contributed by atoms with Gasteiger partial charge in [-0.3, -0.25) is 4.90 Å². The number of hydrogen-bond acceptors (Lipinski definition) is 4. The summed E-state index contributed by atoms with van der Waals surface area (Å²) in [6, 6.07) is 0.612. The van der Waals surface area contributed by atoms with E-state index in [1.165, 1.54) is 6.42 Å². The van der Waals surface area contributed by atoms with Gasteiger partial charge in [0, 0.05) is 38.8 Å². The maximum atomic E-state index is 5.36. The molecule has 1 fully saturated rings. The molecule has 1 atom stereocenters. The van der Waals surface area contributed by atoms with Crippen LogP contribution in [-0.2, 0) is 4.74 Å². The van der Waals surface area contributed by atoms with Crippen LogP contribution in [0.25, 0.3) is 0 Å². The van der Waals surface area contributed by atoms with Crippen LogP contribution in [0, 0.1) is 5.92 Å². The molecule has 4 heteroatoms. The molecule has 0 saturated carbocycles. The zero-order valence-electron chi connectivity index (χ0n) is 12.6. The molecule has 0 radical (unpaired) electrons. The second-order valence-electron chi connectivity index (χ2n) is 6.00. The lowest BCUT2D eigenvalue weighted by atomic mass is 10.0. The topological polar surface area (TPSA) is 27.7 Å². The Labute approximate surface area is 113 Å². The molecule has 18 heavy (non-hydrogen) atoms. The second-order valence-corrected chi connectivity index (χ2v) is 6.00. The van der Waals surface area contributed by atoms with Gasteiger partial charge < -0.3 is 15.0 Å². The number of morpholine rings is 1. The summed E-state index contributed by atoms with van der Waals surface area (Å²) in [6.07, 6.45) is 1.25. The number of likely N-dealkylation sites (N-methyl/N-ethyl adjacent to an activating group) is 1. The summed E-state index contributed by atoms with van der Waals surface area (Å²) in [6.45, 7) is 11.9. The Bertz CT molecular complexity index is 193. The molecule has 0 bridgehead atoms. The van der Waals surface area contributed by atoms with Gasteiger partial charge in [-0.2, -0.15) is 0 Å². The quantitative estimate of drug-likeness (QED) is 0.699. The van der Waals surface area contributed by atoms with Crippen molar-refractivity contribution in [1.82, 2.24) is 15.1 Å². The molecule has 1 saturated heterocycles. The van der Waals surface area contributed by atoms with E-state index in [0.717, 1.165) is 51.9 Å². The number of hydrogen-bond donors (Lipinski definition) is 1. The minimum atomic E-state index is 0.612. The van der Waals surface area contributed by atoms with Crippen molar-refractivity contribution >= 4 is 0 Å². The Morgan fingerprint density at radius 2 is 1.89 bits per heavy atom. The summed E-state index contributed by atoms with van der Waals surface area (Å²) >= 11 is 0. The van der Waals surface area contributed by atoms with Crippen LogP contribution < -0.4 is 5.32 Å². The average Bonchev–Trinajstić information content (AvgIpc) is 2.28. The minimum Gasteiger partial charge on any atom is -0.379 e. The van der Waals surface area contributed by atoms with Crippen molar-refractivity contribution in [3.63, 3.8) is 0 Å². The molecule has 0 amide bonds. The van der Waals surface area contributed by atoms with Gasteiger partial charge in [-0.05, 0) is 26.4 Å². The van der Waals surface area contributed by atoms with Crippen molar-refractivity contribution in [2.75, 3.05) is 60.0 Å². The fraction of sp³-hybridized carbons (Fsp3) is 1.00. The Morgan fingerprint density at radius 1 is 1.22 bits per heavy atom. The Balaban J connectivity index is 2.18. The van der Waals surface area contributed by atoms with Crippen molar-refractivity contribution in [3.8, 4) is 0 Å². The predicted octanol–water partition coefficient (Wildman–Crippen LogP) is 0.885. The first-order valence-corrected chi connectivity index (χ1v) is 7.26. The van der Waals surface area contributed by atoms with Crippen molar-refractivity contribution in [2.24, 2.45) is 5.92 Å². The third-order valence-electron chi connectivity index (χ3n) is 3.31. The smallest absolute Gasteiger partial charge is 0.0594 e. The maximum Gasteiger partial charge on any atom is 0.0594 e. The minimum absolute atomic E-state index is 0.612. The first-order valence-electron chi connectivity index (χ1n) is 7.26. The molecule has 0 spiro atoms. The monoisotopic (exact) mass is 257 g/mol. The van der Waals surface area contributed by atoms with Gasteiger partial charge in [-0.25, -0.2) is 0 Å². The van der Waals surface area contributed by atoms with E-state index in [4.69, 9.17) is 4.74 Å². The standard InChI is InChI=1S/C14H31N3O/c1-13(2)11-14(12-16(3)4)15-5-6-17-7-9-18-10-8-17/h13-15H,5-12H2,1-4H3. The highest BCUT2D eigenvalue weighted by atomic mass is 16.5. The van der Waals surface area contributed by atoms with Gasteiger partial charge in [0.2, 0.25) is 0 Å². The molecule has 1 heterocycles. The second kappa shape index (κ2) is 8.86. The molecule has 1 aliphatic heterocycles.